The maximum Gasteiger partial charge on any atom is 0.269 e. The van der Waals surface area contributed by atoms with Crippen molar-refractivity contribution >= 4 is 23.6 Å². The molecule has 24 heavy (non-hydrogen) atoms. The summed E-state index contributed by atoms with van der Waals surface area (Å²) in [7, 11) is 0. The van der Waals surface area contributed by atoms with E-state index in [0.29, 0.717) is 24.2 Å². The van der Waals surface area contributed by atoms with Gasteiger partial charge in [0.05, 0.1) is 4.92 Å². The second-order valence-electron chi connectivity index (χ2n) is 5.11. The van der Waals surface area contributed by atoms with E-state index in [9.17, 15) is 14.9 Å². The van der Waals surface area contributed by atoms with Gasteiger partial charge < -0.3 is 4.57 Å². The normalized spacial score (nSPS) is 10.5. The van der Waals surface area contributed by atoms with Gasteiger partial charge in [-0.3, -0.25) is 14.9 Å². The van der Waals surface area contributed by atoms with Crippen LogP contribution in [0.15, 0.2) is 54.6 Å². The number of nitro benzene ring substituents is 1. The standard InChI is InChI=1S/C17H12ClN3O3/c18-16-15(11-22)20(10-12-4-2-1-3-5-12)17(19-16)13-6-8-14(9-7-13)21(23)24/h1-9,11H,10H2. The molecular weight excluding hydrogens is 330 g/mol. The van der Waals surface area contributed by atoms with E-state index in [0.717, 1.165) is 5.56 Å². The van der Waals surface area contributed by atoms with E-state index in [4.69, 9.17) is 11.6 Å². The number of aromatic nitrogens is 2. The lowest BCUT2D eigenvalue weighted by Crippen LogP contribution is -2.06. The molecule has 2 aromatic carbocycles. The van der Waals surface area contributed by atoms with Gasteiger partial charge in [-0.1, -0.05) is 41.9 Å². The van der Waals surface area contributed by atoms with E-state index in [-0.39, 0.29) is 16.5 Å². The van der Waals surface area contributed by atoms with Gasteiger partial charge in [0.1, 0.15) is 11.5 Å². The Morgan fingerprint density at radius 1 is 1.12 bits per heavy atom. The molecule has 0 N–H and O–H groups in total. The van der Waals surface area contributed by atoms with Crippen molar-refractivity contribution in [2.45, 2.75) is 6.54 Å². The first-order valence-electron chi connectivity index (χ1n) is 7.10. The lowest BCUT2D eigenvalue weighted by atomic mass is 10.1. The molecule has 120 valence electrons. The number of benzene rings is 2. The highest BCUT2D eigenvalue weighted by Gasteiger charge is 2.17. The summed E-state index contributed by atoms with van der Waals surface area (Å²) in [6.07, 6.45) is 0.660. The van der Waals surface area contributed by atoms with E-state index in [1.807, 2.05) is 30.3 Å². The maximum atomic E-state index is 11.4. The van der Waals surface area contributed by atoms with Gasteiger partial charge in [-0.05, 0) is 17.7 Å². The zero-order valence-electron chi connectivity index (χ0n) is 12.4. The Hall–Kier alpha value is -2.99. The molecule has 1 aromatic heterocycles. The summed E-state index contributed by atoms with van der Waals surface area (Å²) in [5.41, 5.74) is 1.89. The van der Waals surface area contributed by atoms with Crippen LogP contribution in [0.2, 0.25) is 5.15 Å². The number of hydrogen-bond acceptors (Lipinski definition) is 4. The molecule has 0 aliphatic carbocycles. The summed E-state index contributed by atoms with van der Waals surface area (Å²) >= 11 is 6.08. The highest BCUT2D eigenvalue weighted by molar-refractivity contribution is 6.31. The number of nitro groups is 1. The van der Waals surface area contributed by atoms with E-state index in [1.54, 1.807) is 16.7 Å². The van der Waals surface area contributed by atoms with Crippen molar-refractivity contribution in [3.05, 3.63) is 81.1 Å². The molecule has 0 atom stereocenters. The number of halogens is 1. The minimum atomic E-state index is -0.468. The Morgan fingerprint density at radius 2 is 1.79 bits per heavy atom. The molecule has 0 fully saturated rings. The zero-order valence-corrected chi connectivity index (χ0v) is 13.2. The second kappa shape index (κ2) is 6.64. The number of imidazole rings is 1. The molecule has 0 amide bonds. The molecule has 0 radical (unpaired) electrons. The molecule has 3 rings (SSSR count). The Morgan fingerprint density at radius 3 is 2.38 bits per heavy atom. The fraction of sp³-hybridized carbons (Fsp3) is 0.0588. The van der Waals surface area contributed by atoms with Crippen molar-refractivity contribution in [2.75, 3.05) is 0 Å². The highest BCUT2D eigenvalue weighted by atomic mass is 35.5. The van der Waals surface area contributed by atoms with Crippen LogP contribution in [0.4, 0.5) is 5.69 Å². The van der Waals surface area contributed by atoms with Crippen LogP contribution < -0.4 is 0 Å². The molecule has 0 aliphatic heterocycles. The quantitative estimate of drug-likeness (QED) is 0.399. The van der Waals surface area contributed by atoms with Crippen LogP contribution in [0, 0.1) is 10.1 Å². The van der Waals surface area contributed by atoms with E-state index < -0.39 is 4.92 Å². The first-order chi connectivity index (χ1) is 11.6. The summed E-state index contributed by atoms with van der Waals surface area (Å²) in [5.74, 6) is 0.487. The monoisotopic (exact) mass is 341 g/mol. The van der Waals surface area contributed by atoms with Crippen molar-refractivity contribution in [2.24, 2.45) is 0 Å². The van der Waals surface area contributed by atoms with Gasteiger partial charge in [0, 0.05) is 24.2 Å². The molecular formula is C17H12ClN3O3. The lowest BCUT2D eigenvalue weighted by molar-refractivity contribution is -0.384. The topological polar surface area (TPSA) is 78.0 Å². The molecule has 7 heteroatoms. The van der Waals surface area contributed by atoms with Crippen LogP contribution in [0.1, 0.15) is 16.1 Å². The minimum Gasteiger partial charge on any atom is -0.316 e. The van der Waals surface area contributed by atoms with Gasteiger partial charge in [-0.25, -0.2) is 4.98 Å². The molecule has 3 aromatic rings. The summed E-state index contributed by atoms with van der Waals surface area (Å²) in [5, 5.41) is 10.9. The number of rotatable bonds is 5. The third-order valence-electron chi connectivity index (χ3n) is 3.59. The van der Waals surface area contributed by atoms with E-state index in [2.05, 4.69) is 4.98 Å². The SMILES string of the molecule is O=Cc1c(Cl)nc(-c2ccc([N+](=O)[O-])cc2)n1Cc1ccccc1. The molecule has 0 bridgehead atoms. The zero-order chi connectivity index (χ0) is 17.1. The Bertz CT molecular complexity index is 889. The highest BCUT2D eigenvalue weighted by Crippen LogP contribution is 2.27. The average molecular weight is 342 g/mol. The van der Waals surface area contributed by atoms with Gasteiger partial charge in [0.25, 0.3) is 5.69 Å². The van der Waals surface area contributed by atoms with Crippen molar-refractivity contribution in [3.63, 3.8) is 0 Å². The first-order valence-corrected chi connectivity index (χ1v) is 7.48. The van der Waals surface area contributed by atoms with Crippen molar-refractivity contribution in [1.29, 1.82) is 0 Å². The van der Waals surface area contributed by atoms with Gasteiger partial charge in [0.15, 0.2) is 11.4 Å². The molecule has 6 nitrogen and oxygen atoms in total. The largest absolute Gasteiger partial charge is 0.316 e. The third kappa shape index (κ3) is 3.04. The van der Waals surface area contributed by atoms with Crippen LogP contribution in [0.5, 0.6) is 0 Å². The van der Waals surface area contributed by atoms with Crippen LogP contribution >= 0.6 is 11.6 Å². The predicted octanol–water partition coefficient (Wildman–Crippen LogP) is 3.97. The van der Waals surface area contributed by atoms with Crippen LogP contribution in [0.3, 0.4) is 0 Å². The third-order valence-corrected chi connectivity index (χ3v) is 3.87. The Balaban J connectivity index is 2.07. The van der Waals surface area contributed by atoms with E-state index in [1.165, 1.54) is 12.1 Å². The summed E-state index contributed by atoms with van der Waals surface area (Å²) in [6.45, 7) is 0.418. The number of nitrogens with zero attached hydrogens (tertiary/aromatic N) is 3. The number of carbonyl (C=O) groups excluding carboxylic acids is 1. The predicted molar refractivity (Wildman–Crippen MR) is 90.3 cm³/mol. The van der Waals surface area contributed by atoms with Crippen LogP contribution in [0.25, 0.3) is 11.4 Å². The van der Waals surface area contributed by atoms with E-state index >= 15 is 0 Å². The number of carbonyl (C=O) groups is 1. The molecule has 0 saturated carbocycles. The molecule has 1 heterocycles. The van der Waals surface area contributed by atoms with Gasteiger partial charge in [-0.2, -0.15) is 0 Å². The average Bonchev–Trinajstić information content (AvgIpc) is 2.91. The summed E-state index contributed by atoms with van der Waals surface area (Å²) in [6, 6.07) is 15.5. The van der Waals surface area contributed by atoms with Gasteiger partial charge in [0.2, 0.25) is 0 Å². The second-order valence-corrected chi connectivity index (χ2v) is 5.46. The molecule has 0 aliphatic rings. The first kappa shape index (κ1) is 15.9. The van der Waals surface area contributed by atoms with Gasteiger partial charge >= 0.3 is 0 Å². The maximum absolute atomic E-state index is 11.4. The summed E-state index contributed by atoms with van der Waals surface area (Å²) in [4.78, 5) is 26.0. The number of hydrogen-bond donors (Lipinski definition) is 0. The smallest absolute Gasteiger partial charge is 0.269 e. The van der Waals surface area contributed by atoms with Crippen LogP contribution in [-0.2, 0) is 6.54 Å². The lowest BCUT2D eigenvalue weighted by Gasteiger charge is -2.09. The van der Waals surface area contributed by atoms with Crippen molar-refractivity contribution < 1.29 is 9.72 Å². The Kier molecular flexibility index (Phi) is 4.39. The molecule has 0 saturated heterocycles. The van der Waals surface area contributed by atoms with Crippen molar-refractivity contribution in [3.8, 4) is 11.4 Å². The number of non-ortho nitro benzene ring substituents is 1. The van der Waals surface area contributed by atoms with Crippen molar-refractivity contribution in [1.82, 2.24) is 9.55 Å². The molecule has 0 spiro atoms. The molecule has 0 unspecified atom stereocenters. The number of aldehydes is 1. The fourth-order valence-electron chi connectivity index (χ4n) is 2.43. The fourth-order valence-corrected chi connectivity index (χ4v) is 2.65. The van der Waals surface area contributed by atoms with Gasteiger partial charge in [-0.15, -0.1) is 0 Å². The Labute approximate surface area is 142 Å². The summed E-state index contributed by atoms with van der Waals surface area (Å²) < 4.78 is 1.70. The van der Waals surface area contributed by atoms with Crippen LogP contribution in [-0.4, -0.2) is 20.8 Å². The minimum absolute atomic E-state index is 0.0124.